The van der Waals surface area contributed by atoms with Gasteiger partial charge in [-0.1, -0.05) is 36.4 Å². The Hall–Kier alpha value is -3.08. The summed E-state index contributed by atoms with van der Waals surface area (Å²) in [6, 6.07) is 20.3. The first kappa shape index (κ1) is 14.8. The summed E-state index contributed by atoms with van der Waals surface area (Å²) in [5, 5.41) is 8.94. The maximum Gasteiger partial charge on any atom is 0.303 e. The van der Waals surface area contributed by atoms with Crippen LogP contribution >= 0.6 is 0 Å². The molecule has 1 heterocycles. The van der Waals surface area contributed by atoms with E-state index in [1.807, 2.05) is 60.7 Å². The van der Waals surface area contributed by atoms with E-state index in [2.05, 4.69) is 0 Å². The first-order valence-electron chi connectivity index (χ1n) is 7.33. The Kier molecular flexibility index (Phi) is 4.10. The minimum absolute atomic E-state index is 0.0227. The van der Waals surface area contributed by atoms with Gasteiger partial charge in [0.1, 0.15) is 0 Å². The quantitative estimate of drug-likeness (QED) is 0.788. The summed E-state index contributed by atoms with van der Waals surface area (Å²) >= 11 is 0. The van der Waals surface area contributed by atoms with Crippen molar-refractivity contribution in [2.45, 2.75) is 12.8 Å². The highest BCUT2D eigenvalue weighted by atomic mass is 16.4. The first-order chi connectivity index (χ1) is 11.2. The number of aryl methyl sites for hydroxylation is 1. The van der Waals surface area contributed by atoms with Gasteiger partial charge in [-0.15, -0.1) is 0 Å². The van der Waals surface area contributed by atoms with Crippen LogP contribution in [0.4, 0.5) is 0 Å². The summed E-state index contributed by atoms with van der Waals surface area (Å²) in [4.78, 5) is 23.4. The second-order valence-corrected chi connectivity index (χ2v) is 5.16. The van der Waals surface area contributed by atoms with Gasteiger partial charge in [0, 0.05) is 18.2 Å². The highest BCUT2D eigenvalue weighted by Crippen LogP contribution is 2.16. The predicted octanol–water partition coefficient (Wildman–Crippen LogP) is 2.65. The molecule has 0 radical (unpaired) electrons. The van der Waals surface area contributed by atoms with E-state index >= 15 is 0 Å². The largest absolute Gasteiger partial charge is 0.481 e. The standard InChI is InChI=1S/C18H16N2O3/c21-17-13-16(11-12-18(22)23)19(14-7-3-1-4-8-14)20(17)15-9-5-2-6-10-15/h1-10,13H,11-12H2,(H,22,23). The van der Waals surface area contributed by atoms with Crippen LogP contribution in [0.25, 0.3) is 11.4 Å². The molecule has 23 heavy (non-hydrogen) atoms. The number of carboxylic acid groups (broad SMARTS) is 1. The molecular weight excluding hydrogens is 292 g/mol. The second kappa shape index (κ2) is 6.36. The third-order valence-electron chi connectivity index (χ3n) is 3.57. The van der Waals surface area contributed by atoms with E-state index < -0.39 is 5.97 Å². The molecule has 0 aliphatic heterocycles. The molecule has 2 aromatic carbocycles. The molecule has 3 rings (SSSR count). The zero-order chi connectivity index (χ0) is 16.2. The van der Waals surface area contributed by atoms with Gasteiger partial charge in [-0.3, -0.25) is 14.3 Å². The predicted molar refractivity (Wildman–Crippen MR) is 87.3 cm³/mol. The molecule has 3 aromatic rings. The smallest absolute Gasteiger partial charge is 0.303 e. The number of aromatic nitrogens is 2. The Morgan fingerprint density at radius 1 is 0.870 bits per heavy atom. The molecule has 0 atom stereocenters. The molecule has 116 valence electrons. The fourth-order valence-corrected chi connectivity index (χ4v) is 2.57. The van der Waals surface area contributed by atoms with Crippen LogP contribution in [-0.2, 0) is 11.2 Å². The zero-order valence-electron chi connectivity index (χ0n) is 12.4. The highest BCUT2D eigenvalue weighted by molar-refractivity contribution is 5.67. The van der Waals surface area contributed by atoms with Gasteiger partial charge in [0.05, 0.1) is 17.8 Å². The maximum absolute atomic E-state index is 12.5. The molecule has 5 heteroatoms. The molecule has 0 aliphatic rings. The van der Waals surface area contributed by atoms with Gasteiger partial charge in [0.25, 0.3) is 5.56 Å². The Bertz CT molecular complexity index is 864. The number of carboxylic acids is 1. The molecule has 0 aliphatic carbocycles. The summed E-state index contributed by atoms with van der Waals surface area (Å²) in [7, 11) is 0. The van der Waals surface area contributed by atoms with Crippen LogP contribution in [-0.4, -0.2) is 20.4 Å². The number of nitrogens with zero attached hydrogens (tertiary/aromatic N) is 2. The summed E-state index contributed by atoms with van der Waals surface area (Å²) in [5.41, 5.74) is 2.05. The molecule has 0 bridgehead atoms. The van der Waals surface area contributed by atoms with Gasteiger partial charge >= 0.3 is 5.97 Å². The van der Waals surface area contributed by atoms with Crippen LogP contribution < -0.4 is 5.56 Å². The van der Waals surface area contributed by atoms with E-state index in [0.29, 0.717) is 12.1 Å². The third kappa shape index (κ3) is 3.08. The van der Waals surface area contributed by atoms with Crippen molar-refractivity contribution in [2.75, 3.05) is 0 Å². The van der Waals surface area contributed by atoms with E-state index in [-0.39, 0.29) is 12.0 Å². The van der Waals surface area contributed by atoms with Crippen LogP contribution in [0.5, 0.6) is 0 Å². The van der Waals surface area contributed by atoms with Crippen LogP contribution in [0.3, 0.4) is 0 Å². The van der Waals surface area contributed by atoms with E-state index in [0.717, 1.165) is 11.4 Å². The Labute approximate surface area is 133 Å². The van der Waals surface area contributed by atoms with Gasteiger partial charge in [-0.05, 0) is 24.3 Å². The van der Waals surface area contributed by atoms with Gasteiger partial charge < -0.3 is 5.11 Å². The zero-order valence-corrected chi connectivity index (χ0v) is 12.4. The molecular formula is C18H16N2O3. The fraction of sp³-hybridized carbons (Fsp3) is 0.111. The number of benzene rings is 2. The van der Waals surface area contributed by atoms with Crippen molar-refractivity contribution in [1.29, 1.82) is 0 Å². The number of aliphatic carboxylic acids is 1. The lowest BCUT2D eigenvalue weighted by atomic mass is 10.2. The van der Waals surface area contributed by atoms with Crippen LogP contribution in [0, 0.1) is 0 Å². The topological polar surface area (TPSA) is 64.2 Å². The lowest BCUT2D eigenvalue weighted by Gasteiger charge is -2.15. The van der Waals surface area contributed by atoms with Crippen molar-refractivity contribution in [2.24, 2.45) is 0 Å². The number of hydrogen-bond donors (Lipinski definition) is 1. The van der Waals surface area contributed by atoms with Crippen molar-refractivity contribution in [3.63, 3.8) is 0 Å². The summed E-state index contributed by atoms with van der Waals surface area (Å²) in [5.74, 6) is -0.885. The van der Waals surface area contributed by atoms with Crippen molar-refractivity contribution in [3.05, 3.63) is 82.8 Å². The van der Waals surface area contributed by atoms with Crippen LogP contribution in [0.1, 0.15) is 12.1 Å². The van der Waals surface area contributed by atoms with Crippen molar-refractivity contribution in [3.8, 4) is 11.4 Å². The molecule has 0 saturated heterocycles. The first-order valence-corrected chi connectivity index (χ1v) is 7.33. The number of rotatable bonds is 5. The maximum atomic E-state index is 12.5. The molecule has 0 spiro atoms. The molecule has 0 amide bonds. The van der Waals surface area contributed by atoms with Gasteiger partial charge in [-0.25, -0.2) is 4.68 Å². The monoisotopic (exact) mass is 308 g/mol. The van der Waals surface area contributed by atoms with E-state index in [1.165, 1.54) is 6.07 Å². The molecule has 5 nitrogen and oxygen atoms in total. The SMILES string of the molecule is O=C(O)CCc1cc(=O)n(-c2ccccc2)n1-c1ccccc1. The molecule has 1 N–H and O–H groups in total. The fourth-order valence-electron chi connectivity index (χ4n) is 2.57. The second-order valence-electron chi connectivity index (χ2n) is 5.16. The van der Waals surface area contributed by atoms with Gasteiger partial charge in [-0.2, -0.15) is 0 Å². The van der Waals surface area contributed by atoms with E-state index in [4.69, 9.17) is 5.11 Å². The molecule has 0 unspecified atom stereocenters. The van der Waals surface area contributed by atoms with Gasteiger partial charge in [0.2, 0.25) is 0 Å². The summed E-state index contributed by atoms with van der Waals surface area (Å²) in [6.45, 7) is 0. The van der Waals surface area contributed by atoms with Crippen LogP contribution in [0.2, 0.25) is 0 Å². The average Bonchev–Trinajstić information content (AvgIpc) is 2.91. The van der Waals surface area contributed by atoms with Gasteiger partial charge in [0.15, 0.2) is 0 Å². The van der Waals surface area contributed by atoms with Crippen molar-refractivity contribution >= 4 is 5.97 Å². The Morgan fingerprint density at radius 2 is 1.39 bits per heavy atom. The van der Waals surface area contributed by atoms with Crippen LogP contribution in [0.15, 0.2) is 71.5 Å². The minimum Gasteiger partial charge on any atom is -0.481 e. The Morgan fingerprint density at radius 3 is 1.91 bits per heavy atom. The third-order valence-corrected chi connectivity index (χ3v) is 3.57. The number of hydrogen-bond acceptors (Lipinski definition) is 2. The van der Waals surface area contributed by atoms with E-state index in [9.17, 15) is 9.59 Å². The molecule has 0 fully saturated rings. The average molecular weight is 308 g/mol. The molecule has 0 saturated carbocycles. The normalized spacial score (nSPS) is 10.6. The number of para-hydroxylation sites is 2. The summed E-state index contributed by atoms with van der Waals surface area (Å²) in [6.07, 6.45) is 0.268. The van der Waals surface area contributed by atoms with Crippen molar-refractivity contribution in [1.82, 2.24) is 9.36 Å². The van der Waals surface area contributed by atoms with E-state index in [1.54, 1.807) is 9.36 Å². The van der Waals surface area contributed by atoms with Crippen molar-refractivity contribution < 1.29 is 9.90 Å². The molecule has 1 aromatic heterocycles. The number of carbonyl (C=O) groups is 1. The lowest BCUT2D eigenvalue weighted by Crippen LogP contribution is -2.20. The summed E-state index contributed by atoms with van der Waals surface area (Å²) < 4.78 is 3.34. The highest BCUT2D eigenvalue weighted by Gasteiger charge is 2.15. The minimum atomic E-state index is -0.885. The Balaban J connectivity index is 2.19. The lowest BCUT2D eigenvalue weighted by molar-refractivity contribution is -0.136.